The first-order valence-electron chi connectivity index (χ1n) is 15.0. The van der Waals surface area contributed by atoms with E-state index in [-0.39, 0.29) is 18.2 Å². The summed E-state index contributed by atoms with van der Waals surface area (Å²) in [5, 5.41) is 0. The molecule has 2 atom stereocenters. The second kappa shape index (κ2) is 13.2. The summed E-state index contributed by atoms with van der Waals surface area (Å²) in [4.78, 5) is 41.0. The first-order chi connectivity index (χ1) is 20.6. The van der Waals surface area contributed by atoms with Crippen molar-refractivity contribution in [2.75, 3.05) is 13.1 Å². The first kappa shape index (κ1) is 32.7. The molecule has 0 aliphatic carbocycles. The maximum Gasteiger partial charge on any atom is 0.415 e. The van der Waals surface area contributed by atoms with Crippen LogP contribution in [0.2, 0.25) is 0 Å². The predicted molar refractivity (Wildman–Crippen MR) is 167 cm³/mol. The largest absolute Gasteiger partial charge is 0.476 e. The molecule has 3 aromatic rings. The number of likely N-dealkylation sites (tertiary alicyclic amines) is 1. The molecule has 44 heavy (non-hydrogen) atoms. The number of ether oxygens (including phenoxy) is 3. The highest BCUT2D eigenvalue weighted by Gasteiger charge is 2.40. The maximum atomic E-state index is 13.6. The highest BCUT2D eigenvalue weighted by Crippen LogP contribution is 2.34. The van der Waals surface area contributed by atoms with E-state index in [1.54, 1.807) is 43.0 Å². The van der Waals surface area contributed by atoms with E-state index >= 15 is 0 Å². The molecule has 1 aliphatic heterocycles. The molecule has 1 fully saturated rings. The monoisotopic (exact) mass is 603 g/mol. The van der Waals surface area contributed by atoms with Crippen LogP contribution in [0.4, 0.5) is 9.18 Å². The third kappa shape index (κ3) is 8.24. The Morgan fingerprint density at radius 1 is 0.886 bits per heavy atom. The average molecular weight is 604 g/mol. The summed E-state index contributed by atoms with van der Waals surface area (Å²) in [6.07, 6.45) is 0.808. The number of aryl methyl sites for hydroxylation is 3. The fraction of sp³-hybridized carbons (Fsp3) is 0.417. The molecule has 4 rings (SSSR count). The standard InChI is InChI=1S/C36H42FNO6/c1-23-19-25(20-24(2)32(23)43-36(6,7)33(40)44-35(3,4)5)13-14-27-21-38(34(41)42-29-11-9-8-10-12-29)22-30(27)31(39)26-15-17-28(37)18-16-26/h8-12,15-20,27,30H,13-14,21-22H2,1-7H3/t27-,30-/m0/s1. The topological polar surface area (TPSA) is 82.1 Å². The van der Waals surface area contributed by atoms with Crippen LogP contribution in [0.1, 0.15) is 68.1 Å². The number of carbonyl (C=O) groups excluding carboxylic acids is 3. The molecule has 1 heterocycles. The van der Waals surface area contributed by atoms with Crippen LogP contribution in [-0.4, -0.2) is 47.0 Å². The summed E-state index contributed by atoms with van der Waals surface area (Å²) >= 11 is 0. The van der Waals surface area contributed by atoms with Gasteiger partial charge in [0.25, 0.3) is 0 Å². The Labute approximate surface area is 259 Å². The number of halogens is 1. The van der Waals surface area contributed by atoms with Crippen LogP contribution in [0.25, 0.3) is 0 Å². The summed E-state index contributed by atoms with van der Waals surface area (Å²) < 4.78 is 30.9. The van der Waals surface area contributed by atoms with E-state index in [1.165, 1.54) is 24.3 Å². The molecule has 0 saturated carbocycles. The minimum Gasteiger partial charge on any atom is -0.476 e. The number of nitrogens with zero attached hydrogens (tertiary/aromatic N) is 1. The Morgan fingerprint density at radius 2 is 1.50 bits per heavy atom. The molecular formula is C36H42FNO6. The molecule has 234 valence electrons. The molecular weight excluding hydrogens is 561 g/mol. The lowest BCUT2D eigenvalue weighted by atomic mass is 9.84. The van der Waals surface area contributed by atoms with Crippen LogP contribution in [-0.2, 0) is 16.0 Å². The number of para-hydroxylation sites is 1. The van der Waals surface area contributed by atoms with Gasteiger partial charge in [0.1, 0.15) is 22.9 Å². The zero-order valence-electron chi connectivity index (χ0n) is 26.6. The fourth-order valence-corrected chi connectivity index (χ4v) is 5.49. The molecule has 0 spiro atoms. The van der Waals surface area contributed by atoms with Crippen molar-refractivity contribution in [3.63, 3.8) is 0 Å². The van der Waals surface area contributed by atoms with Crippen molar-refractivity contribution in [1.82, 2.24) is 4.90 Å². The molecule has 1 aliphatic rings. The van der Waals surface area contributed by atoms with Gasteiger partial charge in [0, 0.05) is 24.6 Å². The van der Waals surface area contributed by atoms with Crippen LogP contribution in [0.15, 0.2) is 66.7 Å². The Kier molecular flexibility index (Phi) is 9.81. The molecule has 3 aromatic carbocycles. The van der Waals surface area contributed by atoms with E-state index in [0.717, 1.165) is 16.7 Å². The van der Waals surface area contributed by atoms with Crippen molar-refractivity contribution in [2.24, 2.45) is 11.8 Å². The summed E-state index contributed by atoms with van der Waals surface area (Å²) in [6.45, 7) is 13.3. The maximum absolute atomic E-state index is 13.6. The van der Waals surface area contributed by atoms with Gasteiger partial charge in [-0.3, -0.25) is 4.79 Å². The number of hydrogen-bond acceptors (Lipinski definition) is 6. The number of hydrogen-bond donors (Lipinski definition) is 0. The van der Waals surface area contributed by atoms with Gasteiger partial charge in [-0.1, -0.05) is 30.3 Å². The van der Waals surface area contributed by atoms with Crippen molar-refractivity contribution in [1.29, 1.82) is 0 Å². The molecule has 8 heteroatoms. The lowest BCUT2D eigenvalue weighted by Crippen LogP contribution is -2.43. The van der Waals surface area contributed by atoms with Gasteiger partial charge in [-0.15, -0.1) is 0 Å². The van der Waals surface area contributed by atoms with Gasteiger partial charge >= 0.3 is 12.1 Å². The second-order valence-electron chi connectivity index (χ2n) is 13.0. The van der Waals surface area contributed by atoms with Crippen LogP contribution >= 0.6 is 0 Å². The second-order valence-corrected chi connectivity index (χ2v) is 13.0. The van der Waals surface area contributed by atoms with E-state index in [9.17, 15) is 18.8 Å². The van der Waals surface area contributed by atoms with Crippen LogP contribution in [0.3, 0.4) is 0 Å². The van der Waals surface area contributed by atoms with Crippen LogP contribution < -0.4 is 9.47 Å². The number of esters is 1. The van der Waals surface area contributed by atoms with Crippen molar-refractivity contribution in [3.05, 3.63) is 94.8 Å². The highest BCUT2D eigenvalue weighted by molar-refractivity contribution is 5.98. The van der Waals surface area contributed by atoms with Gasteiger partial charge in [-0.25, -0.2) is 14.0 Å². The SMILES string of the molecule is Cc1cc(CC[C@H]2CN(C(=O)Oc3ccccc3)C[C@@H]2C(=O)c2ccc(F)cc2)cc(C)c1OC(C)(C)C(=O)OC(C)(C)C. The Hall–Kier alpha value is -4.20. The quantitative estimate of drug-likeness (QED) is 0.186. The zero-order valence-corrected chi connectivity index (χ0v) is 26.6. The van der Waals surface area contributed by atoms with Crippen molar-refractivity contribution >= 4 is 17.8 Å². The van der Waals surface area contributed by atoms with Crippen molar-refractivity contribution < 1.29 is 33.0 Å². The minimum absolute atomic E-state index is 0.120. The first-order valence-corrected chi connectivity index (χ1v) is 15.0. The number of benzene rings is 3. The van der Waals surface area contributed by atoms with Gasteiger partial charge in [0.2, 0.25) is 0 Å². The highest BCUT2D eigenvalue weighted by atomic mass is 19.1. The van der Waals surface area contributed by atoms with E-state index < -0.39 is 35.0 Å². The van der Waals surface area contributed by atoms with E-state index in [1.807, 2.05) is 52.8 Å². The van der Waals surface area contributed by atoms with Gasteiger partial charge in [0.05, 0.1) is 0 Å². The van der Waals surface area contributed by atoms with E-state index in [0.29, 0.717) is 36.4 Å². The number of amides is 1. The molecule has 1 saturated heterocycles. The lowest BCUT2D eigenvalue weighted by Gasteiger charge is -2.30. The lowest BCUT2D eigenvalue weighted by molar-refractivity contribution is -0.171. The van der Waals surface area contributed by atoms with Crippen LogP contribution in [0, 0.1) is 31.5 Å². The Morgan fingerprint density at radius 3 is 2.09 bits per heavy atom. The molecule has 0 aromatic heterocycles. The average Bonchev–Trinajstić information content (AvgIpc) is 3.38. The summed E-state index contributed by atoms with van der Waals surface area (Å²) in [5.74, 6) is -0.492. The number of rotatable bonds is 9. The summed E-state index contributed by atoms with van der Waals surface area (Å²) in [5.41, 5.74) is 1.43. The number of ketones is 1. The molecule has 1 amide bonds. The Balaban J connectivity index is 1.50. The zero-order chi connectivity index (χ0) is 32.2. The minimum atomic E-state index is -1.18. The number of carbonyl (C=O) groups is 3. The van der Waals surface area contributed by atoms with Crippen LogP contribution in [0.5, 0.6) is 11.5 Å². The fourth-order valence-electron chi connectivity index (χ4n) is 5.49. The van der Waals surface area contributed by atoms with Crippen molar-refractivity contribution in [3.8, 4) is 11.5 Å². The molecule has 0 N–H and O–H groups in total. The number of Topliss-reactive ketones (excluding diaryl/α,β-unsaturated/α-hetero) is 1. The molecule has 7 nitrogen and oxygen atoms in total. The third-order valence-electron chi connectivity index (χ3n) is 7.68. The van der Waals surface area contributed by atoms with Crippen molar-refractivity contribution in [2.45, 2.75) is 72.5 Å². The predicted octanol–water partition coefficient (Wildman–Crippen LogP) is 7.50. The summed E-state index contributed by atoms with van der Waals surface area (Å²) in [6, 6.07) is 18.4. The normalized spacial score (nSPS) is 16.9. The molecule has 0 bridgehead atoms. The molecule has 0 unspecified atom stereocenters. The van der Waals surface area contributed by atoms with E-state index in [2.05, 4.69) is 0 Å². The summed E-state index contributed by atoms with van der Waals surface area (Å²) in [7, 11) is 0. The Bertz CT molecular complexity index is 1470. The van der Waals surface area contributed by atoms with Gasteiger partial charge in [-0.05, 0) is 120 Å². The van der Waals surface area contributed by atoms with Gasteiger partial charge in [0.15, 0.2) is 11.4 Å². The third-order valence-corrected chi connectivity index (χ3v) is 7.68. The van der Waals surface area contributed by atoms with Gasteiger partial charge in [-0.2, -0.15) is 0 Å². The van der Waals surface area contributed by atoms with E-state index in [4.69, 9.17) is 14.2 Å². The molecule has 0 radical (unpaired) electrons. The van der Waals surface area contributed by atoms with Gasteiger partial charge < -0.3 is 19.1 Å². The smallest absolute Gasteiger partial charge is 0.415 e.